The van der Waals surface area contributed by atoms with Gasteiger partial charge in [0.25, 0.3) is 0 Å². The first-order valence-corrected chi connectivity index (χ1v) is 8.41. The van der Waals surface area contributed by atoms with Crippen molar-refractivity contribution in [1.29, 1.82) is 0 Å². The molecule has 24 heavy (non-hydrogen) atoms. The van der Waals surface area contributed by atoms with Crippen molar-refractivity contribution in [1.82, 2.24) is 16.0 Å². The van der Waals surface area contributed by atoms with Gasteiger partial charge in [0, 0.05) is 30.5 Å². The van der Waals surface area contributed by atoms with Gasteiger partial charge in [0.2, 0.25) is 11.8 Å². The van der Waals surface area contributed by atoms with E-state index in [9.17, 15) is 14.4 Å². The highest BCUT2D eigenvalue weighted by Crippen LogP contribution is 2.13. The molecule has 1 heterocycles. The van der Waals surface area contributed by atoms with Crippen LogP contribution >= 0.6 is 0 Å². The van der Waals surface area contributed by atoms with E-state index in [-0.39, 0.29) is 47.9 Å². The van der Waals surface area contributed by atoms with E-state index in [1.165, 1.54) is 0 Å². The molecule has 1 rings (SSSR count). The molecule has 0 aromatic heterocycles. The lowest BCUT2D eigenvalue weighted by molar-refractivity contribution is -0.149. The maximum atomic E-state index is 12.1. The Morgan fingerprint density at radius 3 is 2.12 bits per heavy atom. The topological polar surface area (TPSA) is 96.5 Å². The van der Waals surface area contributed by atoms with Gasteiger partial charge < -0.3 is 20.7 Å². The molecular weight excluding hydrogens is 310 g/mol. The number of ether oxygens (including phenoxy) is 1. The molecule has 0 aromatic carbocycles. The van der Waals surface area contributed by atoms with Crippen molar-refractivity contribution in [3.8, 4) is 0 Å². The molecule has 0 saturated carbocycles. The van der Waals surface area contributed by atoms with Crippen LogP contribution in [-0.4, -0.2) is 47.6 Å². The zero-order valence-corrected chi connectivity index (χ0v) is 15.6. The maximum Gasteiger partial charge on any atom is 0.306 e. The van der Waals surface area contributed by atoms with Crippen molar-refractivity contribution in [2.75, 3.05) is 6.54 Å². The number of carbonyl (C=O) groups is 3. The summed E-state index contributed by atoms with van der Waals surface area (Å²) in [6.07, 6.45) is 0.252. The van der Waals surface area contributed by atoms with Crippen molar-refractivity contribution in [2.45, 2.75) is 84.0 Å². The van der Waals surface area contributed by atoms with Crippen LogP contribution in [0.2, 0.25) is 0 Å². The molecule has 0 unspecified atom stereocenters. The fourth-order valence-electron chi connectivity index (χ4n) is 2.39. The Morgan fingerprint density at radius 1 is 1.00 bits per heavy atom. The largest absolute Gasteiger partial charge is 0.461 e. The molecule has 7 nitrogen and oxygen atoms in total. The molecule has 1 aliphatic heterocycles. The molecule has 1 saturated heterocycles. The van der Waals surface area contributed by atoms with Crippen LogP contribution in [0.1, 0.15) is 60.8 Å². The van der Waals surface area contributed by atoms with Crippen LogP contribution in [0.25, 0.3) is 0 Å². The van der Waals surface area contributed by atoms with E-state index in [0.29, 0.717) is 13.0 Å². The van der Waals surface area contributed by atoms with Gasteiger partial charge in [-0.1, -0.05) is 0 Å². The molecule has 0 spiro atoms. The first-order chi connectivity index (χ1) is 10.9. The lowest BCUT2D eigenvalue weighted by Crippen LogP contribution is -2.48. The fraction of sp³-hybridized carbons (Fsp3) is 0.824. The number of amides is 2. The Kier molecular flexibility index (Phi) is 6.77. The lowest BCUT2D eigenvalue weighted by Gasteiger charge is -2.23. The summed E-state index contributed by atoms with van der Waals surface area (Å²) in [6, 6.07) is -0.355. The molecule has 1 aliphatic rings. The molecule has 0 aromatic rings. The predicted octanol–water partition coefficient (Wildman–Crippen LogP) is 0.870. The Hall–Kier alpha value is -1.63. The third kappa shape index (κ3) is 8.29. The van der Waals surface area contributed by atoms with Crippen LogP contribution in [0.3, 0.4) is 0 Å². The summed E-state index contributed by atoms with van der Waals surface area (Å²) in [4.78, 5) is 35.6. The second-order valence-electron chi connectivity index (χ2n) is 8.35. The van der Waals surface area contributed by atoms with Crippen LogP contribution in [0.15, 0.2) is 0 Å². The van der Waals surface area contributed by atoms with Crippen molar-refractivity contribution in [3.05, 3.63) is 0 Å². The maximum absolute atomic E-state index is 12.1. The number of esters is 1. The van der Waals surface area contributed by atoms with Gasteiger partial charge in [0.05, 0.1) is 12.5 Å². The molecule has 2 amide bonds. The average Bonchev–Trinajstić information content (AvgIpc) is 2.81. The van der Waals surface area contributed by atoms with E-state index < -0.39 is 5.97 Å². The Bertz CT molecular complexity index is 477. The predicted molar refractivity (Wildman–Crippen MR) is 91.3 cm³/mol. The Morgan fingerprint density at radius 2 is 1.58 bits per heavy atom. The molecular formula is C17H31N3O4. The van der Waals surface area contributed by atoms with E-state index in [1.54, 1.807) is 0 Å². The number of carbonyl (C=O) groups excluding carboxylic acids is 3. The van der Waals surface area contributed by atoms with Gasteiger partial charge in [-0.15, -0.1) is 0 Å². The van der Waals surface area contributed by atoms with Gasteiger partial charge >= 0.3 is 5.97 Å². The van der Waals surface area contributed by atoms with E-state index >= 15 is 0 Å². The van der Waals surface area contributed by atoms with E-state index in [2.05, 4.69) is 16.0 Å². The highest BCUT2D eigenvalue weighted by molar-refractivity contribution is 5.83. The summed E-state index contributed by atoms with van der Waals surface area (Å²) in [5, 5.41) is 8.76. The first-order valence-electron chi connectivity index (χ1n) is 8.41. The zero-order valence-electron chi connectivity index (χ0n) is 15.6. The smallest absolute Gasteiger partial charge is 0.306 e. The van der Waals surface area contributed by atoms with Gasteiger partial charge in [-0.2, -0.15) is 0 Å². The minimum atomic E-state index is -0.414. The number of nitrogens with one attached hydrogen (secondary N) is 3. The summed E-state index contributed by atoms with van der Waals surface area (Å²) in [5.41, 5.74) is -0.613. The van der Waals surface area contributed by atoms with Crippen LogP contribution in [0, 0.1) is 0 Å². The van der Waals surface area contributed by atoms with Crippen molar-refractivity contribution in [2.24, 2.45) is 0 Å². The van der Waals surface area contributed by atoms with Crippen LogP contribution in [0.5, 0.6) is 0 Å². The highest BCUT2D eigenvalue weighted by atomic mass is 16.5. The second kappa shape index (κ2) is 7.96. The summed E-state index contributed by atoms with van der Waals surface area (Å²) >= 11 is 0. The van der Waals surface area contributed by atoms with Gasteiger partial charge in [-0.25, -0.2) is 0 Å². The zero-order chi connectivity index (χ0) is 18.5. The SMILES string of the molecule is CC(C)(C)NC(=O)CCC(=O)O[C@H]1CN[C@H](C(=O)NC(C)(C)C)C1. The fourth-order valence-corrected chi connectivity index (χ4v) is 2.39. The van der Waals surface area contributed by atoms with Gasteiger partial charge in [0.1, 0.15) is 6.10 Å². The molecule has 2 atom stereocenters. The summed E-state index contributed by atoms with van der Waals surface area (Å²) < 4.78 is 5.34. The van der Waals surface area contributed by atoms with Gasteiger partial charge in [0.15, 0.2) is 0 Å². The summed E-state index contributed by atoms with van der Waals surface area (Å²) in [5.74, 6) is -0.681. The Labute approximate surface area is 144 Å². The summed E-state index contributed by atoms with van der Waals surface area (Å²) in [7, 11) is 0. The highest BCUT2D eigenvalue weighted by Gasteiger charge is 2.33. The van der Waals surface area contributed by atoms with Crippen molar-refractivity contribution < 1.29 is 19.1 Å². The molecule has 138 valence electrons. The van der Waals surface area contributed by atoms with Gasteiger partial charge in [-0.3, -0.25) is 14.4 Å². The third-order valence-electron chi connectivity index (χ3n) is 3.27. The average molecular weight is 341 g/mol. The second-order valence-corrected chi connectivity index (χ2v) is 8.35. The van der Waals surface area contributed by atoms with Crippen LogP contribution in [-0.2, 0) is 19.1 Å². The van der Waals surface area contributed by atoms with E-state index in [1.807, 2.05) is 41.5 Å². The van der Waals surface area contributed by atoms with Crippen molar-refractivity contribution >= 4 is 17.8 Å². The number of rotatable bonds is 5. The lowest BCUT2D eigenvalue weighted by atomic mass is 10.1. The summed E-state index contributed by atoms with van der Waals surface area (Å²) in [6.45, 7) is 11.9. The molecule has 1 fully saturated rings. The molecule has 0 bridgehead atoms. The van der Waals surface area contributed by atoms with E-state index in [0.717, 1.165) is 0 Å². The Balaban J connectivity index is 2.32. The van der Waals surface area contributed by atoms with Crippen LogP contribution < -0.4 is 16.0 Å². The molecule has 3 N–H and O–H groups in total. The normalized spacial score (nSPS) is 21.2. The van der Waals surface area contributed by atoms with Crippen LogP contribution in [0.4, 0.5) is 0 Å². The third-order valence-corrected chi connectivity index (χ3v) is 3.27. The molecule has 0 radical (unpaired) electrons. The molecule has 0 aliphatic carbocycles. The quantitative estimate of drug-likeness (QED) is 0.645. The monoisotopic (exact) mass is 341 g/mol. The number of hydrogen-bond donors (Lipinski definition) is 3. The minimum Gasteiger partial charge on any atom is -0.461 e. The van der Waals surface area contributed by atoms with E-state index in [4.69, 9.17) is 4.74 Å². The standard InChI is InChI=1S/C17H31N3O4/c1-16(2,3)19-13(21)7-8-14(22)24-11-9-12(18-10-11)15(23)20-17(4,5)6/h11-12,18H,7-10H2,1-6H3,(H,19,21)(H,20,23)/t11-,12+/m1/s1. The van der Waals surface area contributed by atoms with Gasteiger partial charge in [-0.05, 0) is 41.5 Å². The van der Waals surface area contributed by atoms with Crippen molar-refractivity contribution in [3.63, 3.8) is 0 Å². The number of hydrogen-bond acceptors (Lipinski definition) is 5. The minimum absolute atomic E-state index is 0.0390. The first kappa shape index (κ1) is 20.4. The molecule has 7 heteroatoms.